The van der Waals surface area contributed by atoms with Crippen LogP contribution in [-0.2, 0) is 11.3 Å². The Balaban J connectivity index is 1.66. The summed E-state index contributed by atoms with van der Waals surface area (Å²) in [7, 11) is 0. The second-order valence-corrected chi connectivity index (χ2v) is 9.05. The standard InChI is InChI=1S/C30H26ClFN4O/c1-21(37)34-27-11-5-3-9-25(27)22-14-16-24(17-15-22)36-29-13-7-6-12-28(29)35(30(36)33-19-18-32)20-23-8-2-4-10-26(23)31/h2-17H,18-20H2,1H3,(H,34,37). The van der Waals surface area contributed by atoms with Gasteiger partial charge in [0.25, 0.3) is 0 Å². The van der Waals surface area contributed by atoms with Gasteiger partial charge in [0.05, 0.1) is 24.1 Å². The molecule has 0 unspecified atom stereocenters. The van der Waals surface area contributed by atoms with Crippen LogP contribution in [0, 0.1) is 0 Å². The molecule has 0 aliphatic rings. The van der Waals surface area contributed by atoms with Crippen molar-refractivity contribution >= 4 is 34.2 Å². The van der Waals surface area contributed by atoms with Crippen LogP contribution in [0.5, 0.6) is 0 Å². The lowest BCUT2D eigenvalue weighted by Crippen LogP contribution is -2.26. The van der Waals surface area contributed by atoms with Crippen molar-refractivity contribution in [2.75, 3.05) is 18.5 Å². The molecule has 0 saturated heterocycles. The second kappa shape index (κ2) is 10.8. The number of carbonyl (C=O) groups is 1. The van der Waals surface area contributed by atoms with Gasteiger partial charge >= 0.3 is 0 Å². The molecular weight excluding hydrogens is 487 g/mol. The van der Waals surface area contributed by atoms with Gasteiger partial charge in [0.1, 0.15) is 6.67 Å². The predicted molar refractivity (Wildman–Crippen MR) is 148 cm³/mol. The Bertz CT molecular complexity index is 1640. The van der Waals surface area contributed by atoms with E-state index in [0.29, 0.717) is 17.2 Å². The molecule has 0 bridgehead atoms. The SMILES string of the molecule is CC(=O)Nc1ccccc1-c1ccc(-n2c(=NCCF)n(Cc3ccccc3Cl)c3ccccc32)cc1. The lowest BCUT2D eigenvalue weighted by molar-refractivity contribution is -0.114. The van der Waals surface area contributed by atoms with Crippen molar-refractivity contribution in [1.82, 2.24) is 9.13 Å². The lowest BCUT2D eigenvalue weighted by atomic mass is 10.0. The molecule has 5 rings (SSSR count). The van der Waals surface area contributed by atoms with Crippen LogP contribution in [0.25, 0.3) is 27.8 Å². The van der Waals surface area contributed by atoms with Gasteiger partial charge in [0.15, 0.2) is 0 Å². The first-order valence-corrected chi connectivity index (χ1v) is 12.4. The number of nitrogens with zero attached hydrogens (tertiary/aromatic N) is 3. The molecule has 0 spiro atoms. The third-order valence-electron chi connectivity index (χ3n) is 6.15. The fourth-order valence-electron chi connectivity index (χ4n) is 4.55. The van der Waals surface area contributed by atoms with E-state index in [1.807, 2.05) is 102 Å². The third kappa shape index (κ3) is 5.06. The molecule has 4 aromatic carbocycles. The number of carbonyl (C=O) groups excluding carboxylic acids is 1. The second-order valence-electron chi connectivity index (χ2n) is 8.65. The topological polar surface area (TPSA) is 51.3 Å². The molecule has 5 nitrogen and oxygen atoms in total. The monoisotopic (exact) mass is 512 g/mol. The van der Waals surface area contributed by atoms with Gasteiger partial charge < -0.3 is 9.88 Å². The molecule has 7 heteroatoms. The Kier molecular flexibility index (Phi) is 7.19. The summed E-state index contributed by atoms with van der Waals surface area (Å²) in [6, 6.07) is 31.5. The summed E-state index contributed by atoms with van der Waals surface area (Å²) in [5.74, 6) is -0.120. The summed E-state index contributed by atoms with van der Waals surface area (Å²) in [6.07, 6.45) is 0. The Morgan fingerprint density at radius 3 is 2.30 bits per heavy atom. The fourth-order valence-corrected chi connectivity index (χ4v) is 4.74. The van der Waals surface area contributed by atoms with Crippen LogP contribution in [0.3, 0.4) is 0 Å². The number of benzene rings is 4. The molecule has 0 radical (unpaired) electrons. The van der Waals surface area contributed by atoms with Crippen molar-refractivity contribution in [3.05, 3.63) is 113 Å². The zero-order chi connectivity index (χ0) is 25.8. The van der Waals surface area contributed by atoms with Crippen LogP contribution >= 0.6 is 11.6 Å². The third-order valence-corrected chi connectivity index (χ3v) is 6.52. The lowest BCUT2D eigenvalue weighted by Gasteiger charge is -2.12. The Labute approximate surface area is 219 Å². The number of alkyl halides is 1. The summed E-state index contributed by atoms with van der Waals surface area (Å²) in [4.78, 5) is 16.3. The van der Waals surface area contributed by atoms with E-state index >= 15 is 0 Å². The average molecular weight is 513 g/mol. The van der Waals surface area contributed by atoms with E-state index in [4.69, 9.17) is 11.6 Å². The largest absolute Gasteiger partial charge is 0.326 e. The van der Waals surface area contributed by atoms with E-state index in [1.54, 1.807) is 0 Å². The van der Waals surface area contributed by atoms with Gasteiger partial charge in [0.2, 0.25) is 11.5 Å². The quantitative estimate of drug-likeness (QED) is 0.261. The highest BCUT2D eigenvalue weighted by molar-refractivity contribution is 6.31. The molecule has 0 fully saturated rings. The number of fused-ring (bicyclic) bond motifs is 1. The number of imidazole rings is 1. The van der Waals surface area contributed by atoms with E-state index < -0.39 is 6.67 Å². The summed E-state index contributed by atoms with van der Waals surface area (Å²) >= 11 is 6.49. The molecule has 37 heavy (non-hydrogen) atoms. The molecule has 0 aliphatic heterocycles. The number of hydrogen-bond acceptors (Lipinski definition) is 2. The minimum absolute atomic E-state index is 0.0566. The zero-order valence-electron chi connectivity index (χ0n) is 20.4. The van der Waals surface area contributed by atoms with Crippen molar-refractivity contribution in [3.8, 4) is 16.8 Å². The normalized spacial score (nSPS) is 11.7. The van der Waals surface area contributed by atoms with Gasteiger partial charge in [-0.1, -0.05) is 72.3 Å². The molecule has 1 aromatic heterocycles. The molecular formula is C30H26ClFN4O. The van der Waals surface area contributed by atoms with Crippen LogP contribution in [0.15, 0.2) is 102 Å². The minimum Gasteiger partial charge on any atom is -0.326 e. The number of rotatable bonds is 7. The first-order chi connectivity index (χ1) is 18.1. The number of hydrogen-bond donors (Lipinski definition) is 1. The summed E-state index contributed by atoms with van der Waals surface area (Å²) in [6.45, 7) is 1.51. The smallest absolute Gasteiger partial charge is 0.221 e. The van der Waals surface area contributed by atoms with Crippen molar-refractivity contribution in [1.29, 1.82) is 0 Å². The highest BCUT2D eigenvalue weighted by atomic mass is 35.5. The predicted octanol–water partition coefficient (Wildman–Crippen LogP) is 6.63. The van der Waals surface area contributed by atoms with Gasteiger partial charge in [-0.3, -0.25) is 9.36 Å². The van der Waals surface area contributed by atoms with Crippen molar-refractivity contribution in [3.63, 3.8) is 0 Å². The van der Waals surface area contributed by atoms with Crippen LogP contribution < -0.4 is 10.9 Å². The molecule has 0 atom stereocenters. The van der Waals surface area contributed by atoms with Gasteiger partial charge in [-0.2, -0.15) is 0 Å². The number of halogens is 2. The maximum absolute atomic E-state index is 13.3. The Morgan fingerprint density at radius 2 is 1.57 bits per heavy atom. The van der Waals surface area contributed by atoms with E-state index in [-0.39, 0.29) is 12.5 Å². The highest BCUT2D eigenvalue weighted by Gasteiger charge is 2.15. The van der Waals surface area contributed by atoms with Crippen LogP contribution in [0.4, 0.5) is 10.1 Å². The van der Waals surface area contributed by atoms with Gasteiger partial charge in [0, 0.05) is 28.9 Å². The summed E-state index contributed by atoms with van der Waals surface area (Å²) in [5.41, 5.74) is 7.08. The van der Waals surface area contributed by atoms with Crippen LogP contribution in [0.1, 0.15) is 12.5 Å². The van der Waals surface area contributed by atoms with E-state index in [2.05, 4.69) is 14.9 Å². The Morgan fingerprint density at radius 1 is 0.892 bits per heavy atom. The number of anilines is 1. The Hall–Kier alpha value is -4.16. The summed E-state index contributed by atoms with van der Waals surface area (Å²) < 4.78 is 17.4. The van der Waals surface area contributed by atoms with Gasteiger partial charge in [-0.15, -0.1) is 0 Å². The summed E-state index contributed by atoms with van der Waals surface area (Å²) in [5, 5.41) is 3.57. The molecule has 0 saturated carbocycles. The first-order valence-electron chi connectivity index (χ1n) is 12.0. The van der Waals surface area contributed by atoms with E-state index in [9.17, 15) is 9.18 Å². The number of aromatic nitrogens is 2. The molecule has 1 amide bonds. The molecule has 186 valence electrons. The molecule has 0 aliphatic carbocycles. The molecule has 1 N–H and O–H groups in total. The van der Waals surface area contributed by atoms with Gasteiger partial charge in [-0.05, 0) is 47.5 Å². The van der Waals surface area contributed by atoms with E-state index in [1.165, 1.54) is 6.92 Å². The maximum atomic E-state index is 13.3. The van der Waals surface area contributed by atoms with Crippen molar-refractivity contribution < 1.29 is 9.18 Å². The van der Waals surface area contributed by atoms with Crippen molar-refractivity contribution in [2.45, 2.75) is 13.5 Å². The van der Waals surface area contributed by atoms with Crippen LogP contribution in [-0.4, -0.2) is 28.3 Å². The average Bonchev–Trinajstić information content (AvgIpc) is 3.22. The molecule has 5 aromatic rings. The number of para-hydroxylation sites is 3. The molecule has 1 heterocycles. The van der Waals surface area contributed by atoms with Gasteiger partial charge in [-0.25, -0.2) is 9.38 Å². The number of amides is 1. The fraction of sp³-hybridized carbons (Fsp3) is 0.133. The maximum Gasteiger partial charge on any atom is 0.221 e. The highest BCUT2D eigenvalue weighted by Crippen LogP contribution is 2.29. The first kappa shape index (κ1) is 24.5. The minimum atomic E-state index is -0.549. The zero-order valence-corrected chi connectivity index (χ0v) is 21.1. The van der Waals surface area contributed by atoms with Crippen LogP contribution in [0.2, 0.25) is 5.02 Å². The number of nitrogens with one attached hydrogen (secondary N) is 1. The van der Waals surface area contributed by atoms with Crippen molar-refractivity contribution in [2.24, 2.45) is 4.99 Å². The van der Waals surface area contributed by atoms with E-state index in [0.717, 1.165) is 39.1 Å².